The summed E-state index contributed by atoms with van der Waals surface area (Å²) < 4.78 is 4.97. The second-order valence-corrected chi connectivity index (χ2v) is 3.08. The van der Waals surface area contributed by atoms with E-state index < -0.39 is 12.2 Å². The zero-order valence-electron chi connectivity index (χ0n) is 8.22. The van der Waals surface area contributed by atoms with Crippen molar-refractivity contribution in [3.8, 4) is 0 Å². The molecule has 0 aliphatic carbocycles. The first-order valence-electron chi connectivity index (χ1n) is 4.57. The molecule has 2 rings (SSSR count). The number of cyclic esters (lactones) is 1. The summed E-state index contributed by atoms with van der Waals surface area (Å²) in [5.41, 5.74) is 8.15. The van der Waals surface area contributed by atoms with E-state index in [1.54, 1.807) is 6.07 Å². The molecule has 0 aromatic carbocycles. The fourth-order valence-electron chi connectivity index (χ4n) is 1.34. The highest BCUT2D eigenvalue weighted by Gasteiger charge is 2.33. The molecule has 0 radical (unpaired) electrons. The number of hydrogen-bond acceptors (Lipinski definition) is 5. The van der Waals surface area contributed by atoms with Crippen LogP contribution in [0.3, 0.4) is 0 Å². The smallest absolute Gasteiger partial charge is 0.417 e. The molecule has 82 valence electrons. The Labute approximate surface area is 90.5 Å². The molecular formula is C8H8N6O2. The zero-order valence-corrected chi connectivity index (χ0v) is 8.22. The number of rotatable bonds is 3. The summed E-state index contributed by atoms with van der Waals surface area (Å²) in [4.78, 5) is 23.2. The van der Waals surface area contributed by atoms with Gasteiger partial charge in [-0.25, -0.2) is 19.7 Å². The topological polar surface area (TPSA) is 104 Å². The lowest BCUT2D eigenvalue weighted by atomic mass is 10.3. The molecule has 1 aliphatic rings. The van der Waals surface area contributed by atoms with Crippen molar-refractivity contribution in [3.05, 3.63) is 28.9 Å². The van der Waals surface area contributed by atoms with Gasteiger partial charge in [-0.05, 0) is 11.6 Å². The maximum Gasteiger partial charge on any atom is 0.417 e. The van der Waals surface area contributed by atoms with Gasteiger partial charge >= 0.3 is 6.09 Å². The van der Waals surface area contributed by atoms with Gasteiger partial charge in [0.1, 0.15) is 6.10 Å². The highest BCUT2D eigenvalue weighted by Crippen LogP contribution is 2.16. The molecule has 1 amide bonds. The monoisotopic (exact) mass is 220 g/mol. The van der Waals surface area contributed by atoms with E-state index in [1.807, 2.05) is 0 Å². The van der Waals surface area contributed by atoms with E-state index in [-0.39, 0.29) is 12.5 Å². The summed E-state index contributed by atoms with van der Waals surface area (Å²) in [6.07, 6.45) is 2.11. The van der Waals surface area contributed by atoms with Gasteiger partial charge in [0.05, 0.1) is 13.1 Å². The molecule has 1 aromatic heterocycles. The summed E-state index contributed by atoms with van der Waals surface area (Å²) in [6.45, 7) is 0.410. The molecule has 1 aromatic rings. The highest BCUT2D eigenvalue weighted by molar-refractivity contribution is 5.87. The Hall–Kier alpha value is -2.34. The van der Waals surface area contributed by atoms with Crippen molar-refractivity contribution in [2.45, 2.75) is 6.10 Å². The number of amides is 1. The Morgan fingerprint density at radius 3 is 3.06 bits per heavy atom. The normalized spacial score (nSPS) is 19.1. The quantitative estimate of drug-likeness (QED) is 0.432. The largest absolute Gasteiger partial charge is 0.444 e. The molecule has 1 saturated heterocycles. The van der Waals surface area contributed by atoms with Gasteiger partial charge in [-0.15, -0.1) is 0 Å². The third kappa shape index (κ3) is 2.01. The molecule has 8 heteroatoms. The van der Waals surface area contributed by atoms with Gasteiger partial charge in [0.15, 0.2) is 0 Å². The van der Waals surface area contributed by atoms with Gasteiger partial charge in [-0.2, -0.15) is 0 Å². The van der Waals surface area contributed by atoms with Crippen LogP contribution in [-0.4, -0.2) is 35.3 Å². The van der Waals surface area contributed by atoms with Crippen molar-refractivity contribution in [1.82, 2.24) is 9.97 Å². The van der Waals surface area contributed by atoms with Gasteiger partial charge in [-0.3, -0.25) is 0 Å². The lowest BCUT2D eigenvalue weighted by Gasteiger charge is -2.08. The van der Waals surface area contributed by atoms with Gasteiger partial charge < -0.3 is 4.74 Å². The van der Waals surface area contributed by atoms with E-state index in [0.29, 0.717) is 6.54 Å². The van der Waals surface area contributed by atoms with Gasteiger partial charge in [0, 0.05) is 17.3 Å². The van der Waals surface area contributed by atoms with Crippen LogP contribution in [-0.2, 0) is 4.74 Å². The SMILES string of the molecule is [N-]=[N+]=NCC1CN(c2ncccn2)C(=O)O1. The minimum atomic E-state index is -0.524. The predicted octanol–water partition coefficient (Wildman–Crippen LogP) is 1.11. The van der Waals surface area contributed by atoms with Crippen LogP contribution in [0.25, 0.3) is 10.4 Å². The minimum absolute atomic E-state index is 0.117. The van der Waals surface area contributed by atoms with Crippen LogP contribution in [0.4, 0.5) is 10.7 Å². The summed E-state index contributed by atoms with van der Waals surface area (Å²) in [6, 6.07) is 1.66. The Morgan fingerprint density at radius 1 is 1.62 bits per heavy atom. The Balaban J connectivity index is 2.08. The van der Waals surface area contributed by atoms with Crippen molar-refractivity contribution < 1.29 is 9.53 Å². The molecule has 16 heavy (non-hydrogen) atoms. The van der Waals surface area contributed by atoms with Crippen LogP contribution in [0.5, 0.6) is 0 Å². The number of anilines is 1. The molecule has 1 aliphatic heterocycles. The maximum absolute atomic E-state index is 11.4. The Kier molecular flexibility index (Phi) is 2.84. The summed E-state index contributed by atoms with van der Waals surface area (Å²) in [5.74, 6) is 0.288. The fraction of sp³-hybridized carbons (Fsp3) is 0.375. The molecule has 0 saturated carbocycles. The second-order valence-electron chi connectivity index (χ2n) is 3.08. The van der Waals surface area contributed by atoms with Gasteiger partial charge in [0.25, 0.3) is 0 Å². The summed E-state index contributed by atoms with van der Waals surface area (Å²) in [7, 11) is 0. The average molecular weight is 220 g/mol. The molecule has 0 spiro atoms. The number of aromatic nitrogens is 2. The average Bonchev–Trinajstić information content (AvgIpc) is 2.69. The van der Waals surface area contributed by atoms with Crippen molar-refractivity contribution in [2.75, 3.05) is 18.0 Å². The van der Waals surface area contributed by atoms with Crippen molar-refractivity contribution in [3.63, 3.8) is 0 Å². The second kappa shape index (κ2) is 4.45. The van der Waals surface area contributed by atoms with Gasteiger partial charge in [0.2, 0.25) is 5.95 Å². The number of azide groups is 1. The molecule has 1 fully saturated rings. The van der Waals surface area contributed by atoms with Gasteiger partial charge in [-0.1, -0.05) is 5.11 Å². The minimum Gasteiger partial charge on any atom is -0.444 e. The van der Waals surface area contributed by atoms with Crippen molar-refractivity contribution in [2.24, 2.45) is 5.11 Å². The molecule has 2 heterocycles. The number of carbonyl (C=O) groups is 1. The van der Waals surface area contributed by atoms with E-state index in [4.69, 9.17) is 10.3 Å². The summed E-state index contributed by atoms with van der Waals surface area (Å²) in [5, 5.41) is 3.35. The fourth-order valence-corrected chi connectivity index (χ4v) is 1.34. The molecule has 1 atom stereocenters. The lowest BCUT2D eigenvalue weighted by molar-refractivity contribution is 0.145. The number of carbonyl (C=O) groups excluding carboxylic acids is 1. The highest BCUT2D eigenvalue weighted by atomic mass is 16.6. The Bertz CT molecular complexity index is 429. The number of nitrogens with zero attached hydrogens (tertiary/aromatic N) is 6. The van der Waals surface area contributed by atoms with Crippen LogP contribution < -0.4 is 4.90 Å². The molecule has 1 unspecified atom stereocenters. The van der Waals surface area contributed by atoms with Crippen LogP contribution in [0.2, 0.25) is 0 Å². The van der Waals surface area contributed by atoms with E-state index >= 15 is 0 Å². The molecule has 8 nitrogen and oxygen atoms in total. The molecular weight excluding hydrogens is 212 g/mol. The summed E-state index contributed by atoms with van der Waals surface area (Å²) >= 11 is 0. The maximum atomic E-state index is 11.4. The van der Waals surface area contributed by atoms with Crippen LogP contribution in [0.15, 0.2) is 23.6 Å². The lowest BCUT2D eigenvalue weighted by Crippen LogP contribution is -2.26. The zero-order chi connectivity index (χ0) is 11.4. The van der Waals surface area contributed by atoms with Crippen molar-refractivity contribution in [1.29, 1.82) is 0 Å². The van der Waals surface area contributed by atoms with E-state index in [2.05, 4.69) is 20.0 Å². The van der Waals surface area contributed by atoms with E-state index in [0.717, 1.165) is 0 Å². The first-order valence-corrected chi connectivity index (χ1v) is 4.57. The number of ether oxygens (including phenoxy) is 1. The van der Waals surface area contributed by atoms with E-state index in [1.165, 1.54) is 17.3 Å². The van der Waals surface area contributed by atoms with Crippen LogP contribution in [0.1, 0.15) is 0 Å². The first-order chi connectivity index (χ1) is 7.81. The molecule has 0 N–H and O–H groups in total. The predicted molar refractivity (Wildman–Crippen MR) is 53.7 cm³/mol. The van der Waals surface area contributed by atoms with Crippen LogP contribution >= 0.6 is 0 Å². The van der Waals surface area contributed by atoms with Crippen LogP contribution in [0, 0.1) is 0 Å². The number of hydrogen-bond donors (Lipinski definition) is 0. The van der Waals surface area contributed by atoms with E-state index in [9.17, 15) is 4.79 Å². The standard InChI is InChI=1S/C8H8N6O2/c9-13-12-4-6-5-14(8(15)16-6)7-10-2-1-3-11-7/h1-3,6H,4-5H2. The van der Waals surface area contributed by atoms with Crippen molar-refractivity contribution >= 4 is 12.0 Å². The molecule has 0 bridgehead atoms. The third-order valence-corrected chi connectivity index (χ3v) is 2.02. The Morgan fingerprint density at radius 2 is 2.38 bits per heavy atom. The first kappa shape index (κ1) is 10.2. The third-order valence-electron chi connectivity index (χ3n) is 2.02.